The zero-order chi connectivity index (χ0) is 26.8. The van der Waals surface area contributed by atoms with Gasteiger partial charge in [-0.05, 0) is 79.5 Å². The Morgan fingerprint density at radius 1 is 0.868 bits per heavy atom. The van der Waals surface area contributed by atoms with E-state index in [1.165, 1.54) is 0 Å². The monoisotopic (exact) mass is 521 g/mol. The highest BCUT2D eigenvalue weighted by atomic mass is 19.2. The number of rotatable bonds is 7. The van der Waals surface area contributed by atoms with Crippen molar-refractivity contribution >= 4 is 11.8 Å². The summed E-state index contributed by atoms with van der Waals surface area (Å²) < 4.78 is 41.1. The molecule has 4 atom stereocenters. The number of amides is 2. The Morgan fingerprint density at radius 2 is 1.53 bits per heavy atom. The van der Waals surface area contributed by atoms with Crippen molar-refractivity contribution in [1.82, 2.24) is 10.2 Å². The van der Waals surface area contributed by atoms with Gasteiger partial charge in [0.05, 0.1) is 0 Å². The van der Waals surface area contributed by atoms with Crippen LogP contribution in [0.5, 0.6) is 0 Å². The van der Waals surface area contributed by atoms with Gasteiger partial charge in [0.2, 0.25) is 0 Å². The zero-order valence-electron chi connectivity index (χ0n) is 20.9. The Morgan fingerprint density at radius 3 is 2.24 bits per heavy atom. The van der Waals surface area contributed by atoms with E-state index in [4.69, 9.17) is 5.73 Å². The topological polar surface area (TPSA) is 75.4 Å². The molecule has 0 saturated carbocycles. The number of hydrogen-bond acceptors (Lipinski definition) is 3. The molecule has 2 fully saturated rings. The fourth-order valence-electron chi connectivity index (χ4n) is 5.88. The second kappa shape index (κ2) is 11.0. The van der Waals surface area contributed by atoms with E-state index in [0.717, 1.165) is 24.5 Å². The minimum Gasteiger partial charge on any atom is -0.348 e. The van der Waals surface area contributed by atoms with Crippen molar-refractivity contribution in [3.63, 3.8) is 0 Å². The first kappa shape index (κ1) is 26.0. The van der Waals surface area contributed by atoms with Crippen molar-refractivity contribution in [1.29, 1.82) is 0 Å². The molecule has 2 heterocycles. The van der Waals surface area contributed by atoms with Gasteiger partial charge in [-0.15, -0.1) is 0 Å². The number of nitrogens with zero attached hydrogens (tertiary/aromatic N) is 1. The molecular formula is C30H30F3N3O2. The van der Waals surface area contributed by atoms with E-state index in [9.17, 15) is 22.8 Å². The third-order valence-corrected chi connectivity index (χ3v) is 7.82. The third kappa shape index (κ3) is 5.45. The van der Waals surface area contributed by atoms with Gasteiger partial charge in [-0.25, -0.2) is 13.2 Å². The second-order valence-electron chi connectivity index (χ2n) is 10.3. The van der Waals surface area contributed by atoms with Crippen LogP contribution in [0.2, 0.25) is 0 Å². The predicted octanol–water partition coefficient (Wildman–Crippen LogP) is 4.99. The summed E-state index contributed by atoms with van der Waals surface area (Å²) in [5.74, 6) is -3.28. The van der Waals surface area contributed by atoms with E-state index in [1.54, 1.807) is 30.3 Å². The Balaban J connectivity index is 1.22. The largest absolute Gasteiger partial charge is 0.348 e. The van der Waals surface area contributed by atoms with E-state index < -0.39 is 23.5 Å². The molecule has 2 aliphatic rings. The lowest BCUT2D eigenvalue weighted by Crippen LogP contribution is -2.50. The molecular weight excluding hydrogens is 491 g/mol. The predicted molar refractivity (Wildman–Crippen MR) is 138 cm³/mol. The summed E-state index contributed by atoms with van der Waals surface area (Å²) in [5.41, 5.74) is 8.46. The summed E-state index contributed by atoms with van der Waals surface area (Å²) in [5, 5.41) is 2.89. The number of hydrogen-bond donors (Lipinski definition) is 2. The summed E-state index contributed by atoms with van der Waals surface area (Å²) >= 11 is 0. The molecule has 198 valence electrons. The Bertz CT molecular complexity index is 1320. The SMILES string of the molecule is NC(Cc1cc(F)c(F)cc1F)C1C[C@H]2CC[C@@H](C1)N2C(=O)c1cccc(CNC(=O)c2ccccc2)c1. The van der Waals surface area contributed by atoms with Gasteiger partial charge < -0.3 is 16.0 Å². The van der Waals surface area contributed by atoms with E-state index in [1.807, 2.05) is 29.2 Å². The molecule has 3 aromatic carbocycles. The maximum Gasteiger partial charge on any atom is 0.254 e. The Hall–Kier alpha value is -3.65. The quantitative estimate of drug-likeness (QED) is 0.431. The zero-order valence-corrected chi connectivity index (χ0v) is 20.9. The molecule has 3 N–H and O–H groups in total. The van der Waals surface area contributed by atoms with Crippen LogP contribution < -0.4 is 11.1 Å². The minimum absolute atomic E-state index is 0.0218. The summed E-state index contributed by atoms with van der Waals surface area (Å²) in [4.78, 5) is 27.9. The second-order valence-corrected chi connectivity index (χ2v) is 10.3. The van der Waals surface area contributed by atoms with Crippen LogP contribution in [-0.2, 0) is 13.0 Å². The molecule has 5 nitrogen and oxygen atoms in total. The highest BCUT2D eigenvalue weighted by Crippen LogP contribution is 2.41. The first-order valence-corrected chi connectivity index (χ1v) is 12.9. The van der Waals surface area contributed by atoms with E-state index in [-0.39, 0.29) is 41.8 Å². The number of fused-ring (bicyclic) bond motifs is 2. The van der Waals surface area contributed by atoms with Gasteiger partial charge in [0.1, 0.15) is 5.82 Å². The molecule has 2 amide bonds. The van der Waals surface area contributed by atoms with Crippen LogP contribution in [0.4, 0.5) is 13.2 Å². The van der Waals surface area contributed by atoms with Crippen molar-refractivity contribution in [2.45, 2.75) is 56.8 Å². The Labute approximate surface area is 219 Å². The highest BCUT2D eigenvalue weighted by Gasteiger charge is 2.44. The summed E-state index contributed by atoms with van der Waals surface area (Å²) in [6, 6.07) is 17.3. The highest BCUT2D eigenvalue weighted by molar-refractivity contribution is 5.95. The van der Waals surface area contributed by atoms with Crippen molar-refractivity contribution in [3.05, 3.63) is 106 Å². The molecule has 8 heteroatoms. The first-order chi connectivity index (χ1) is 18.3. The van der Waals surface area contributed by atoms with Gasteiger partial charge in [-0.3, -0.25) is 9.59 Å². The van der Waals surface area contributed by atoms with Crippen molar-refractivity contribution in [2.24, 2.45) is 11.7 Å². The standard InChI is InChI=1S/C30H30F3N3O2/c31-25-16-27(33)26(32)14-21(25)15-28(34)22-12-23-9-10-24(13-22)36(23)30(38)20-8-4-5-18(11-20)17-35-29(37)19-6-2-1-3-7-19/h1-8,11,14,16,22-24,28H,9-10,12-13,15,17,34H2,(H,35,37)/t22?,23-,24+,28?. The fraction of sp³-hybridized carbons (Fsp3) is 0.333. The first-order valence-electron chi connectivity index (χ1n) is 12.9. The van der Waals surface area contributed by atoms with Crippen LogP contribution in [0.25, 0.3) is 0 Å². The molecule has 2 aliphatic heterocycles. The lowest BCUT2D eigenvalue weighted by atomic mass is 9.82. The van der Waals surface area contributed by atoms with Crippen LogP contribution in [-0.4, -0.2) is 34.8 Å². The van der Waals surface area contributed by atoms with Crippen LogP contribution in [0, 0.1) is 23.4 Å². The number of carbonyl (C=O) groups is 2. The minimum atomic E-state index is -1.22. The number of piperidine rings is 1. The molecule has 0 radical (unpaired) electrons. The van der Waals surface area contributed by atoms with E-state index in [2.05, 4.69) is 5.32 Å². The molecule has 0 aliphatic carbocycles. The molecule has 2 bridgehead atoms. The molecule has 5 rings (SSSR count). The molecule has 0 aromatic heterocycles. The fourth-order valence-corrected chi connectivity index (χ4v) is 5.88. The lowest BCUT2D eigenvalue weighted by molar-refractivity contribution is 0.0499. The molecule has 3 aromatic rings. The van der Waals surface area contributed by atoms with Gasteiger partial charge in [-0.2, -0.15) is 0 Å². The number of nitrogens with two attached hydrogens (primary N) is 1. The molecule has 38 heavy (non-hydrogen) atoms. The van der Waals surface area contributed by atoms with Crippen molar-refractivity contribution < 1.29 is 22.8 Å². The molecule has 2 saturated heterocycles. The molecule has 0 spiro atoms. The lowest BCUT2D eigenvalue weighted by Gasteiger charge is -2.41. The summed E-state index contributed by atoms with van der Waals surface area (Å²) in [6.45, 7) is 0.305. The van der Waals surface area contributed by atoms with Crippen molar-refractivity contribution in [2.75, 3.05) is 0 Å². The smallest absolute Gasteiger partial charge is 0.254 e. The van der Waals surface area contributed by atoms with E-state index in [0.29, 0.717) is 36.6 Å². The number of halogens is 3. The normalized spacial score (nSPS) is 21.3. The average molecular weight is 522 g/mol. The Kier molecular flexibility index (Phi) is 7.51. The van der Waals surface area contributed by atoms with Crippen LogP contribution in [0.1, 0.15) is 57.5 Å². The maximum atomic E-state index is 14.2. The number of nitrogens with one attached hydrogen (secondary N) is 1. The summed E-state index contributed by atoms with van der Waals surface area (Å²) in [7, 11) is 0. The van der Waals surface area contributed by atoms with Gasteiger partial charge in [-0.1, -0.05) is 30.3 Å². The van der Waals surface area contributed by atoms with E-state index >= 15 is 0 Å². The number of benzene rings is 3. The van der Waals surface area contributed by atoms with Crippen LogP contribution in [0.15, 0.2) is 66.7 Å². The van der Waals surface area contributed by atoms with Gasteiger partial charge >= 0.3 is 0 Å². The summed E-state index contributed by atoms with van der Waals surface area (Å²) in [6.07, 6.45) is 3.21. The number of carbonyl (C=O) groups excluding carboxylic acids is 2. The van der Waals surface area contributed by atoms with Gasteiger partial charge in [0, 0.05) is 41.9 Å². The maximum absolute atomic E-state index is 14.2. The van der Waals surface area contributed by atoms with Gasteiger partial charge in [0.25, 0.3) is 11.8 Å². The third-order valence-electron chi connectivity index (χ3n) is 7.82. The molecule has 2 unspecified atom stereocenters. The van der Waals surface area contributed by atoms with Gasteiger partial charge in [0.15, 0.2) is 11.6 Å². The van der Waals surface area contributed by atoms with Crippen LogP contribution >= 0.6 is 0 Å². The average Bonchev–Trinajstić information content (AvgIpc) is 3.19. The van der Waals surface area contributed by atoms with Crippen molar-refractivity contribution in [3.8, 4) is 0 Å². The van der Waals surface area contributed by atoms with Crippen LogP contribution in [0.3, 0.4) is 0 Å².